The van der Waals surface area contributed by atoms with Gasteiger partial charge in [0.25, 0.3) is 0 Å². The van der Waals surface area contributed by atoms with Gasteiger partial charge in [-0.2, -0.15) is 0 Å². The van der Waals surface area contributed by atoms with Gasteiger partial charge in [-0.1, -0.05) is 75.3 Å². The van der Waals surface area contributed by atoms with Crippen LogP contribution in [0.2, 0.25) is 0 Å². The number of amides is 1. The van der Waals surface area contributed by atoms with Crippen molar-refractivity contribution in [3.8, 4) is 0 Å². The molecule has 2 N–H and O–H groups in total. The average Bonchev–Trinajstić information content (AvgIpc) is 2.74. The van der Waals surface area contributed by atoms with Crippen molar-refractivity contribution in [2.24, 2.45) is 0 Å². The second-order valence-corrected chi connectivity index (χ2v) is 7.81. The fourth-order valence-electron chi connectivity index (χ4n) is 3.29. The van der Waals surface area contributed by atoms with Crippen molar-refractivity contribution in [1.82, 2.24) is 5.32 Å². The third kappa shape index (κ3) is 12.6. The number of unbranched alkanes of at least 4 members (excludes halogenated alkanes) is 8. The van der Waals surface area contributed by atoms with Gasteiger partial charge in [0, 0.05) is 20.1 Å². The van der Waals surface area contributed by atoms with Crippen molar-refractivity contribution in [1.29, 1.82) is 0 Å². The molecular weight excluding hydrogens is 382 g/mol. The largest absolute Gasteiger partial charge is 0.480 e. The fraction of sp³-hybridized carbons (Fsp3) is 0.667. The first-order valence-electron chi connectivity index (χ1n) is 11.2. The summed E-state index contributed by atoms with van der Waals surface area (Å²) in [4.78, 5) is 23.7. The monoisotopic (exact) mass is 421 g/mol. The van der Waals surface area contributed by atoms with Gasteiger partial charge < -0.3 is 19.9 Å². The van der Waals surface area contributed by atoms with E-state index in [-0.39, 0.29) is 5.91 Å². The Balaban J connectivity index is 2.14. The Morgan fingerprint density at radius 1 is 0.933 bits per heavy atom. The highest BCUT2D eigenvalue weighted by molar-refractivity contribution is 5.83. The van der Waals surface area contributed by atoms with E-state index in [4.69, 9.17) is 9.47 Å². The number of hydrogen-bond acceptors (Lipinski definition) is 4. The van der Waals surface area contributed by atoms with Crippen molar-refractivity contribution in [3.63, 3.8) is 0 Å². The van der Waals surface area contributed by atoms with Crippen LogP contribution in [0.15, 0.2) is 30.3 Å². The van der Waals surface area contributed by atoms with Crippen LogP contribution in [0.3, 0.4) is 0 Å². The quantitative estimate of drug-likeness (QED) is 0.335. The summed E-state index contributed by atoms with van der Waals surface area (Å²) in [6.07, 6.45) is 9.93. The number of carbonyl (C=O) groups excluding carboxylic acids is 1. The van der Waals surface area contributed by atoms with E-state index in [1.54, 1.807) is 14.0 Å². The van der Waals surface area contributed by atoms with Crippen molar-refractivity contribution in [2.75, 3.05) is 13.7 Å². The maximum Gasteiger partial charge on any atom is 0.328 e. The minimum atomic E-state index is -1.07. The summed E-state index contributed by atoms with van der Waals surface area (Å²) < 4.78 is 10.7. The summed E-state index contributed by atoms with van der Waals surface area (Å²) in [5, 5.41) is 12.1. The zero-order valence-electron chi connectivity index (χ0n) is 18.6. The number of hydrogen-bond donors (Lipinski definition) is 2. The molecule has 0 aliphatic rings. The molecule has 0 spiro atoms. The molecule has 0 radical (unpaired) electrons. The predicted molar refractivity (Wildman–Crippen MR) is 118 cm³/mol. The van der Waals surface area contributed by atoms with Gasteiger partial charge in [-0.3, -0.25) is 4.79 Å². The number of rotatable bonds is 18. The molecular formula is C24H39NO5. The molecule has 1 aromatic rings. The molecule has 30 heavy (non-hydrogen) atoms. The van der Waals surface area contributed by atoms with E-state index in [9.17, 15) is 14.7 Å². The van der Waals surface area contributed by atoms with Gasteiger partial charge in [0.2, 0.25) is 5.91 Å². The number of benzene rings is 1. The molecule has 0 heterocycles. The molecule has 0 bridgehead atoms. The lowest BCUT2D eigenvalue weighted by Crippen LogP contribution is -2.48. The van der Waals surface area contributed by atoms with Gasteiger partial charge in [0.1, 0.15) is 0 Å². The van der Waals surface area contributed by atoms with Crippen molar-refractivity contribution in [2.45, 2.75) is 89.9 Å². The van der Waals surface area contributed by atoms with Crippen LogP contribution in [-0.4, -0.2) is 42.8 Å². The lowest BCUT2D eigenvalue weighted by Gasteiger charge is -2.22. The SMILES string of the molecule is COCCCCCCCCCCCC(=O)N[C@@H](C(=O)O)[C@H](C)OCc1ccccc1. The Morgan fingerprint density at radius 3 is 2.07 bits per heavy atom. The number of ether oxygens (including phenoxy) is 2. The Hall–Kier alpha value is -1.92. The van der Waals surface area contributed by atoms with E-state index < -0.39 is 18.1 Å². The van der Waals surface area contributed by atoms with E-state index in [1.165, 1.54) is 32.1 Å². The average molecular weight is 422 g/mol. The highest BCUT2D eigenvalue weighted by Crippen LogP contribution is 2.11. The summed E-state index contributed by atoms with van der Waals surface area (Å²) in [5.74, 6) is -1.30. The highest BCUT2D eigenvalue weighted by atomic mass is 16.5. The molecule has 1 rings (SSSR count). The topological polar surface area (TPSA) is 84.9 Å². The molecule has 6 nitrogen and oxygen atoms in total. The predicted octanol–water partition coefficient (Wildman–Crippen LogP) is 4.71. The highest BCUT2D eigenvalue weighted by Gasteiger charge is 2.27. The molecule has 0 fully saturated rings. The zero-order chi connectivity index (χ0) is 22.0. The molecule has 0 saturated heterocycles. The first-order chi connectivity index (χ1) is 14.5. The summed E-state index contributed by atoms with van der Waals surface area (Å²) in [6, 6.07) is 8.52. The van der Waals surface area contributed by atoms with Crippen LogP contribution in [0.4, 0.5) is 0 Å². The van der Waals surface area contributed by atoms with Gasteiger partial charge in [0.05, 0.1) is 12.7 Å². The van der Waals surface area contributed by atoms with Gasteiger partial charge in [-0.25, -0.2) is 4.79 Å². The maximum absolute atomic E-state index is 12.2. The van der Waals surface area contributed by atoms with Gasteiger partial charge in [-0.05, 0) is 25.3 Å². The molecule has 0 saturated carbocycles. The Morgan fingerprint density at radius 2 is 1.50 bits per heavy atom. The summed E-state index contributed by atoms with van der Waals surface area (Å²) >= 11 is 0. The lowest BCUT2D eigenvalue weighted by molar-refractivity contribution is -0.146. The number of carboxylic acid groups (broad SMARTS) is 1. The van der Waals surface area contributed by atoms with Crippen LogP contribution in [0, 0.1) is 0 Å². The molecule has 170 valence electrons. The van der Waals surface area contributed by atoms with Crippen LogP contribution >= 0.6 is 0 Å². The van der Waals surface area contributed by atoms with Gasteiger partial charge >= 0.3 is 5.97 Å². The molecule has 0 unspecified atom stereocenters. The van der Waals surface area contributed by atoms with Crippen molar-refractivity contribution in [3.05, 3.63) is 35.9 Å². The Labute approximate surface area is 181 Å². The molecule has 1 aromatic carbocycles. The third-order valence-corrected chi connectivity index (χ3v) is 5.16. The number of aliphatic carboxylic acids is 1. The summed E-state index contributed by atoms with van der Waals surface area (Å²) in [5.41, 5.74) is 0.967. The molecule has 0 aromatic heterocycles. The zero-order valence-corrected chi connectivity index (χ0v) is 18.6. The van der Waals surface area contributed by atoms with Crippen LogP contribution in [0.5, 0.6) is 0 Å². The first kappa shape index (κ1) is 26.1. The Bertz CT molecular complexity index is 578. The fourth-order valence-corrected chi connectivity index (χ4v) is 3.29. The second-order valence-electron chi connectivity index (χ2n) is 7.81. The van der Waals surface area contributed by atoms with E-state index in [0.29, 0.717) is 13.0 Å². The summed E-state index contributed by atoms with van der Waals surface area (Å²) in [6.45, 7) is 2.84. The van der Waals surface area contributed by atoms with Crippen molar-refractivity contribution >= 4 is 11.9 Å². The van der Waals surface area contributed by atoms with E-state index >= 15 is 0 Å². The van der Waals surface area contributed by atoms with Crippen LogP contribution in [0.1, 0.15) is 76.7 Å². The molecule has 2 atom stereocenters. The third-order valence-electron chi connectivity index (χ3n) is 5.16. The van der Waals surface area contributed by atoms with Crippen LogP contribution in [0.25, 0.3) is 0 Å². The normalized spacial score (nSPS) is 13.0. The number of carboxylic acids is 1. The smallest absolute Gasteiger partial charge is 0.328 e. The minimum Gasteiger partial charge on any atom is -0.480 e. The lowest BCUT2D eigenvalue weighted by atomic mass is 10.1. The standard InChI is InChI=1S/C24H39NO5/c1-20(30-19-21-15-11-10-12-16-21)23(24(27)28)25-22(26)17-13-8-6-4-3-5-7-9-14-18-29-2/h10-12,15-16,20,23H,3-9,13-14,17-19H2,1-2H3,(H,25,26)(H,27,28)/t20-,23+/m0/s1. The first-order valence-corrected chi connectivity index (χ1v) is 11.2. The van der Waals surface area contributed by atoms with Crippen LogP contribution < -0.4 is 5.32 Å². The van der Waals surface area contributed by atoms with Crippen LogP contribution in [-0.2, 0) is 25.7 Å². The van der Waals surface area contributed by atoms with Crippen molar-refractivity contribution < 1.29 is 24.2 Å². The molecule has 1 amide bonds. The Kier molecular flexibility index (Phi) is 14.7. The molecule has 0 aliphatic heterocycles. The van der Waals surface area contributed by atoms with E-state index in [2.05, 4.69) is 5.32 Å². The molecule has 0 aliphatic carbocycles. The van der Waals surface area contributed by atoms with Gasteiger partial charge in [0.15, 0.2) is 6.04 Å². The number of methoxy groups -OCH3 is 1. The number of nitrogens with one attached hydrogen (secondary N) is 1. The van der Waals surface area contributed by atoms with Gasteiger partial charge in [-0.15, -0.1) is 0 Å². The van der Waals surface area contributed by atoms with E-state index in [0.717, 1.165) is 37.9 Å². The maximum atomic E-state index is 12.2. The molecule has 6 heteroatoms. The minimum absolute atomic E-state index is 0.226. The van der Waals surface area contributed by atoms with E-state index in [1.807, 2.05) is 30.3 Å². The second kappa shape index (κ2) is 16.8. The number of carbonyl (C=O) groups is 2. The summed E-state index contributed by atoms with van der Waals surface area (Å²) in [7, 11) is 1.74.